The molecule has 3 nitrogen and oxygen atoms in total. The zero-order chi connectivity index (χ0) is 13.3. The minimum Gasteiger partial charge on any atom is -0.423 e. The van der Waals surface area contributed by atoms with Crippen LogP contribution in [0.4, 0.5) is 14.5 Å². The van der Waals surface area contributed by atoms with Gasteiger partial charge in [0.2, 0.25) is 0 Å². The maximum atomic E-state index is 13.9. The Hall–Kier alpha value is -1.14. The predicted molar refractivity (Wildman–Crippen MR) is 66.8 cm³/mol. The van der Waals surface area contributed by atoms with Crippen LogP contribution in [0.25, 0.3) is 0 Å². The first-order valence-electron chi connectivity index (χ1n) is 6.09. The average Bonchev–Trinajstić information content (AvgIpc) is 2.33. The molecule has 0 aliphatic carbocycles. The van der Waals surface area contributed by atoms with Crippen LogP contribution < -0.4 is 10.4 Å². The van der Waals surface area contributed by atoms with Crippen molar-refractivity contribution in [1.29, 1.82) is 0 Å². The topological polar surface area (TPSA) is 43.7 Å². The summed E-state index contributed by atoms with van der Waals surface area (Å²) < 4.78 is 27.5. The summed E-state index contributed by atoms with van der Waals surface area (Å²) in [6.45, 7) is 3.52. The van der Waals surface area contributed by atoms with E-state index in [1.807, 2.05) is 0 Å². The molecule has 1 aliphatic rings. The summed E-state index contributed by atoms with van der Waals surface area (Å²) in [5, 5.41) is 17.8. The van der Waals surface area contributed by atoms with Gasteiger partial charge in [-0.05, 0) is 24.8 Å². The standard InChI is InChI=1S/C12H16BF2NO2/c1-8-4-6-16(7-5-8)10-3-2-9(13(17)18)11(14)12(10)15/h2-3,8,17-18H,4-7H2,1H3. The molecule has 6 heteroatoms. The first kappa shape index (κ1) is 13.3. The van der Waals surface area contributed by atoms with E-state index in [0.717, 1.165) is 12.8 Å². The summed E-state index contributed by atoms with van der Waals surface area (Å²) in [4.78, 5) is 1.80. The summed E-state index contributed by atoms with van der Waals surface area (Å²) in [7, 11) is -1.99. The van der Waals surface area contributed by atoms with Crippen molar-refractivity contribution < 1.29 is 18.8 Å². The summed E-state index contributed by atoms with van der Waals surface area (Å²) >= 11 is 0. The third-order valence-electron chi connectivity index (χ3n) is 3.49. The van der Waals surface area contributed by atoms with Crippen LogP contribution in [0.5, 0.6) is 0 Å². The second kappa shape index (κ2) is 5.24. The molecular weight excluding hydrogens is 239 g/mol. The predicted octanol–water partition coefficient (Wildman–Crippen LogP) is 0.881. The fourth-order valence-corrected chi connectivity index (χ4v) is 2.25. The number of hydrogen-bond donors (Lipinski definition) is 2. The van der Waals surface area contributed by atoms with E-state index < -0.39 is 24.2 Å². The summed E-state index contributed by atoms with van der Waals surface area (Å²) in [5.74, 6) is -1.58. The lowest BCUT2D eigenvalue weighted by Gasteiger charge is -2.32. The minimum absolute atomic E-state index is 0.198. The first-order chi connectivity index (χ1) is 8.50. The van der Waals surface area contributed by atoms with Crippen LogP contribution in [0.1, 0.15) is 19.8 Å². The molecule has 1 aromatic carbocycles. The lowest BCUT2D eigenvalue weighted by molar-refractivity contribution is 0.418. The molecule has 18 heavy (non-hydrogen) atoms. The summed E-state index contributed by atoms with van der Waals surface area (Å²) in [5.41, 5.74) is -0.231. The van der Waals surface area contributed by atoms with Gasteiger partial charge in [-0.1, -0.05) is 13.0 Å². The molecule has 2 rings (SSSR count). The highest BCUT2D eigenvalue weighted by atomic mass is 19.2. The molecule has 0 saturated carbocycles. The Morgan fingerprint density at radius 3 is 2.33 bits per heavy atom. The third kappa shape index (κ3) is 2.49. The second-order valence-electron chi connectivity index (χ2n) is 4.85. The van der Waals surface area contributed by atoms with Gasteiger partial charge in [-0.3, -0.25) is 0 Å². The molecule has 1 aromatic rings. The van der Waals surface area contributed by atoms with Gasteiger partial charge in [0.05, 0.1) is 5.69 Å². The Bertz CT molecular complexity index is 434. The maximum absolute atomic E-state index is 13.9. The molecule has 0 amide bonds. The van der Waals surface area contributed by atoms with Crippen molar-refractivity contribution in [2.45, 2.75) is 19.8 Å². The Morgan fingerprint density at radius 1 is 1.17 bits per heavy atom. The van der Waals surface area contributed by atoms with Gasteiger partial charge in [-0.2, -0.15) is 0 Å². The van der Waals surface area contributed by atoms with Gasteiger partial charge in [0.1, 0.15) is 0 Å². The fraction of sp³-hybridized carbons (Fsp3) is 0.500. The molecule has 0 atom stereocenters. The quantitative estimate of drug-likeness (QED) is 0.771. The number of nitrogens with zero attached hydrogens (tertiary/aromatic N) is 1. The smallest absolute Gasteiger partial charge is 0.423 e. The van der Waals surface area contributed by atoms with Crippen molar-refractivity contribution in [2.75, 3.05) is 18.0 Å². The van der Waals surface area contributed by atoms with E-state index in [0.29, 0.717) is 19.0 Å². The van der Waals surface area contributed by atoms with E-state index in [1.165, 1.54) is 12.1 Å². The normalized spacial score (nSPS) is 17.1. The summed E-state index contributed by atoms with van der Waals surface area (Å²) in [6.07, 6.45) is 1.90. The van der Waals surface area contributed by atoms with Crippen LogP contribution in [0.3, 0.4) is 0 Å². The fourth-order valence-electron chi connectivity index (χ4n) is 2.25. The van der Waals surface area contributed by atoms with Crippen LogP contribution in [-0.2, 0) is 0 Å². The SMILES string of the molecule is CC1CCN(c2ccc(B(O)O)c(F)c2F)CC1. The molecule has 0 bridgehead atoms. The van der Waals surface area contributed by atoms with Gasteiger partial charge in [0.15, 0.2) is 11.6 Å². The number of benzene rings is 1. The van der Waals surface area contributed by atoms with Gasteiger partial charge in [-0.15, -0.1) is 0 Å². The van der Waals surface area contributed by atoms with Gasteiger partial charge in [0, 0.05) is 18.6 Å². The zero-order valence-electron chi connectivity index (χ0n) is 10.2. The molecule has 0 radical (unpaired) electrons. The van der Waals surface area contributed by atoms with E-state index in [4.69, 9.17) is 10.0 Å². The molecule has 0 aromatic heterocycles. The van der Waals surface area contributed by atoms with E-state index in [9.17, 15) is 8.78 Å². The number of halogens is 2. The van der Waals surface area contributed by atoms with Gasteiger partial charge in [-0.25, -0.2) is 8.78 Å². The van der Waals surface area contributed by atoms with Crippen LogP contribution in [0.15, 0.2) is 12.1 Å². The Kier molecular flexibility index (Phi) is 3.87. The maximum Gasteiger partial charge on any atom is 0.491 e. The zero-order valence-corrected chi connectivity index (χ0v) is 10.2. The molecule has 0 spiro atoms. The molecule has 1 heterocycles. The van der Waals surface area contributed by atoms with Gasteiger partial charge in [0.25, 0.3) is 0 Å². The van der Waals surface area contributed by atoms with E-state index in [1.54, 1.807) is 4.90 Å². The molecule has 1 fully saturated rings. The van der Waals surface area contributed by atoms with Crippen molar-refractivity contribution in [3.05, 3.63) is 23.8 Å². The number of piperidine rings is 1. The highest BCUT2D eigenvalue weighted by Gasteiger charge is 2.25. The van der Waals surface area contributed by atoms with Crippen LogP contribution >= 0.6 is 0 Å². The molecule has 1 saturated heterocycles. The number of anilines is 1. The van der Waals surface area contributed by atoms with Crippen LogP contribution in [-0.4, -0.2) is 30.3 Å². The minimum atomic E-state index is -1.99. The van der Waals surface area contributed by atoms with E-state index in [2.05, 4.69) is 6.92 Å². The monoisotopic (exact) mass is 255 g/mol. The van der Waals surface area contributed by atoms with Crippen molar-refractivity contribution >= 4 is 18.3 Å². The molecule has 0 unspecified atom stereocenters. The van der Waals surface area contributed by atoms with Crippen molar-refractivity contribution in [3.8, 4) is 0 Å². The van der Waals surface area contributed by atoms with E-state index in [-0.39, 0.29) is 5.69 Å². The molecule has 1 aliphatic heterocycles. The molecule has 2 N–H and O–H groups in total. The second-order valence-corrected chi connectivity index (χ2v) is 4.85. The highest BCUT2D eigenvalue weighted by Crippen LogP contribution is 2.26. The average molecular weight is 255 g/mol. The highest BCUT2D eigenvalue weighted by molar-refractivity contribution is 6.58. The largest absolute Gasteiger partial charge is 0.491 e. The van der Waals surface area contributed by atoms with Gasteiger partial charge < -0.3 is 14.9 Å². The Balaban J connectivity index is 2.27. The lowest BCUT2D eigenvalue weighted by atomic mass is 9.79. The van der Waals surface area contributed by atoms with Gasteiger partial charge >= 0.3 is 7.12 Å². The number of hydrogen-bond acceptors (Lipinski definition) is 3. The Morgan fingerprint density at radius 2 is 1.78 bits per heavy atom. The van der Waals surface area contributed by atoms with Crippen LogP contribution in [0, 0.1) is 17.6 Å². The third-order valence-corrected chi connectivity index (χ3v) is 3.49. The van der Waals surface area contributed by atoms with Crippen LogP contribution in [0.2, 0.25) is 0 Å². The Labute approximate surface area is 105 Å². The van der Waals surface area contributed by atoms with Crippen molar-refractivity contribution in [1.82, 2.24) is 0 Å². The van der Waals surface area contributed by atoms with E-state index >= 15 is 0 Å². The van der Waals surface area contributed by atoms with Crippen molar-refractivity contribution in [3.63, 3.8) is 0 Å². The van der Waals surface area contributed by atoms with Crippen molar-refractivity contribution in [2.24, 2.45) is 5.92 Å². The number of rotatable bonds is 2. The lowest BCUT2D eigenvalue weighted by Crippen LogP contribution is -2.37. The molecule has 98 valence electrons. The first-order valence-corrected chi connectivity index (χ1v) is 6.09. The molecular formula is C12H16BF2NO2. The summed E-state index contributed by atoms with van der Waals surface area (Å²) in [6, 6.07) is 2.62.